The number of rotatable bonds is 6. The molecule has 0 radical (unpaired) electrons. The van der Waals surface area contributed by atoms with Gasteiger partial charge in [0.25, 0.3) is 0 Å². The first-order valence-electron chi connectivity index (χ1n) is 7.34. The average molecular weight is 308 g/mol. The van der Waals surface area contributed by atoms with Crippen molar-refractivity contribution < 1.29 is 19.3 Å². The highest BCUT2D eigenvalue weighted by molar-refractivity contribution is 6.04. The van der Waals surface area contributed by atoms with Crippen LogP contribution in [-0.2, 0) is 9.78 Å². The zero-order valence-corrected chi connectivity index (χ0v) is 12.5. The second-order valence-electron chi connectivity index (χ2n) is 4.88. The molecular weight excluding hydrogens is 292 g/mol. The van der Waals surface area contributed by atoms with E-state index in [1.54, 1.807) is 6.07 Å². The van der Waals surface area contributed by atoms with Crippen molar-refractivity contribution in [2.75, 3.05) is 13.2 Å². The normalized spacial score (nSPS) is 10.4. The largest absolute Gasteiger partial charge is 0.491 e. The lowest BCUT2D eigenvalue weighted by molar-refractivity contribution is -0.243. The summed E-state index contributed by atoms with van der Waals surface area (Å²) in [6.07, 6.45) is 0. The fraction of sp³-hybridized carbons (Fsp3) is 0.105. The van der Waals surface area contributed by atoms with Crippen LogP contribution in [0.15, 0.2) is 72.8 Å². The number of ether oxygens (including phenoxy) is 1. The maximum Gasteiger partial charge on any atom is 0.373 e. The topological polar surface area (TPSA) is 44.8 Å². The summed E-state index contributed by atoms with van der Waals surface area (Å²) in [7, 11) is 0. The van der Waals surface area contributed by atoms with Crippen molar-refractivity contribution in [2.24, 2.45) is 0 Å². The van der Waals surface area contributed by atoms with Crippen LogP contribution in [-0.4, -0.2) is 19.2 Å². The zero-order valence-electron chi connectivity index (χ0n) is 12.5. The molecule has 23 heavy (non-hydrogen) atoms. The van der Waals surface area contributed by atoms with E-state index in [1.165, 1.54) is 0 Å². The Kier molecular flexibility index (Phi) is 4.86. The van der Waals surface area contributed by atoms with Crippen LogP contribution in [0.25, 0.3) is 10.8 Å². The van der Waals surface area contributed by atoms with Gasteiger partial charge in [-0.3, -0.25) is 4.89 Å². The molecule has 0 saturated heterocycles. The molecule has 0 aromatic heterocycles. The van der Waals surface area contributed by atoms with Crippen LogP contribution in [0.5, 0.6) is 5.75 Å². The molecular formula is C19H16O4. The van der Waals surface area contributed by atoms with E-state index >= 15 is 0 Å². The first-order valence-corrected chi connectivity index (χ1v) is 7.34. The Balaban J connectivity index is 1.51. The summed E-state index contributed by atoms with van der Waals surface area (Å²) in [6.45, 7) is 0.457. The third-order valence-electron chi connectivity index (χ3n) is 3.32. The molecule has 0 N–H and O–H groups in total. The standard InChI is InChI=1S/C19H16O4/c20-19(18-12-6-8-15-7-4-5-11-17(15)18)23-22-14-13-21-16-9-2-1-3-10-16/h1-12H,13-14H2. The Morgan fingerprint density at radius 1 is 0.783 bits per heavy atom. The van der Waals surface area contributed by atoms with Gasteiger partial charge in [-0.25, -0.2) is 4.79 Å². The van der Waals surface area contributed by atoms with E-state index in [9.17, 15) is 4.79 Å². The van der Waals surface area contributed by atoms with Crippen LogP contribution in [0, 0.1) is 0 Å². The Morgan fingerprint density at radius 2 is 1.52 bits per heavy atom. The van der Waals surface area contributed by atoms with Crippen LogP contribution in [0.1, 0.15) is 10.4 Å². The molecule has 3 aromatic rings. The van der Waals surface area contributed by atoms with E-state index in [1.807, 2.05) is 66.7 Å². The van der Waals surface area contributed by atoms with E-state index in [4.69, 9.17) is 14.5 Å². The first kappa shape index (κ1) is 15.1. The number of carbonyl (C=O) groups is 1. The summed E-state index contributed by atoms with van der Waals surface area (Å²) in [5, 5.41) is 1.82. The van der Waals surface area contributed by atoms with Gasteiger partial charge in [0.15, 0.2) is 0 Å². The quantitative estimate of drug-likeness (QED) is 0.392. The van der Waals surface area contributed by atoms with Crippen LogP contribution in [0.2, 0.25) is 0 Å². The van der Waals surface area contributed by atoms with Crippen molar-refractivity contribution in [2.45, 2.75) is 0 Å². The Hall–Kier alpha value is -2.85. The maximum atomic E-state index is 12.1. The van der Waals surface area contributed by atoms with E-state index in [2.05, 4.69) is 0 Å². The maximum absolute atomic E-state index is 12.1. The molecule has 0 aliphatic carbocycles. The molecule has 0 amide bonds. The van der Waals surface area contributed by atoms with Crippen molar-refractivity contribution in [1.29, 1.82) is 0 Å². The van der Waals surface area contributed by atoms with Crippen molar-refractivity contribution in [1.82, 2.24) is 0 Å². The van der Waals surface area contributed by atoms with Gasteiger partial charge in [-0.05, 0) is 29.0 Å². The van der Waals surface area contributed by atoms with Crippen molar-refractivity contribution in [3.05, 3.63) is 78.4 Å². The summed E-state index contributed by atoms with van der Waals surface area (Å²) in [5.74, 6) is 0.234. The lowest BCUT2D eigenvalue weighted by Crippen LogP contribution is -2.11. The number of fused-ring (bicyclic) bond motifs is 1. The van der Waals surface area contributed by atoms with Crippen molar-refractivity contribution in [3.8, 4) is 5.75 Å². The molecule has 4 nitrogen and oxygen atoms in total. The molecule has 3 aromatic carbocycles. The molecule has 0 unspecified atom stereocenters. The van der Waals surface area contributed by atoms with Gasteiger partial charge in [-0.2, -0.15) is 4.89 Å². The SMILES string of the molecule is O=C(OOCCOc1ccccc1)c1cccc2ccccc12. The molecule has 0 aliphatic rings. The summed E-state index contributed by atoms with van der Waals surface area (Å²) >= 11 is 0. The predicted octanol–water partition coefficient (Wildman–Crippen LogP) is 4.01. The van der Waals surface area contributed by atoms with Gasteiger partial charge in [0.2, 0.25) is 0 Å². The van der Waals surface area contributed by atoms with Crippen LogP contribution >= 0.6 is 0 Å². The second-order valence-corrected chi connectivity index (χ2v) is 4.88. The number of para-hydroxylation sites is 1. The third kappa shape index (κ3) is 3.87. The minimum Gasteiger partial charge on any atom is -0.491 e. The second kappa shape index (κ2) is 7.42. The van der Waals surface area contributed by atoms with Crippen molar-refractivity contribution >= 4 is 16.7 Å². The molecule has 0 heterocycles. The molecule has 0 spiro atoms. The Labute approximate surface area is 134 Å². The smallest absolute Gasteiger partial charge is 0.373 e. The van der Waals surface area contributed by atoms with E-state index in [0.29, 0.717) is 12.2 Å². The minimum absolute atomic E-state index is 0.158. The summed E-state index contributed by atoms with van der Waals surface area (Å²) in [4.78, 5) is 21.9. The fourth-order valence-electron chi connectivity index (χ4n) is 2.25. The number of carbonyl (C=O) groups excluding carboxylic acids is 1. The molecule has 0 bridgehead atoms. The highest BCUT2D eigenvalue weighted by Crippen LogP contribution is 2.19. The van der Waals surface area contributed by atoms with Gasteiger partial charge in [0.05, 0.1) is 5.56 Å². The number of hydrogen-bond donors (Lipinski definition) is 0. The van der Waals surface area contributed by atoms with E-state index in [0.717, 1.165) is 16.5 Å². The zero-order chi connectivity index (χ0) is 15.9. The van der Waals surface area contributed by atoms with Gasteiger partial charge < -0.3 is 4.74 Å². The van der Waals surface area contributed by atoms with Gasteiger partial charge in [-0.1, -0.05) is 54.6 Å². The Bertz CT molecular complexity index is 778. The molecule has 3 rings (SSSR count). The van der Waals surface area contributed by atoms with Gasteiger partial charge in [0, 0.05) is 0 Å². The minimum atomic E-state index is -0.512. The lowest BCUT2D eigenvalue weighted by atomic mass is 10.1. The predicted molar refractivity (Wildman–Crippen MR) is 87.3 cm³/mol. The number of benzene rings is 3. The first-order chi connectivity index (χ1) is 11.3. The van der Waals surface area contributed by atoms with E-state index < -0.39 is 5.97 Å². The average Bonchev–Trinajstić information content (AvgIpc) is 2.61. The van der Waals surface area contributed by atoms with Crippen LogP contribution in [0.3, 0.4) is 0 Å². The molecule has 116 valence electrons. The molecule has 0 fully saturated rings. The highest BCUT2D eigenvalue weighted by Gasteiger charge is 2.12. The molecule has 0 aliphatic heterocycles. The van der Waals surface area contributed by atoms with E-state index in [-0.39, 0.29) is 6.61 Å². The third-order valence-corrected chi connectivity index (χ3v) is 3.32. The molecule has 0 atom stereocenters. The highest BCUT2D eigenvalue weighted by atomic mass is 17.2. The monoisotopic (exact) mass is 308 g/mol. The summed E-state index contributed by atoms with van der Waals surface area (Å²) in [5.41, 5.74) is 0.479. The van der Waals surface area contributed by atoms with Crippen LogP contribution < -0.4 is 4.74 Å². The van der Waals surface area contributed by atoms with Gasteiger partial charge in [0.1, 0.15) is 19.0 Å². The van der Waals surface area contributed by atoms with Gasteiger partial charge >= 0.3 is 5.97 Å². The van der Waals surface area contributed by atoms with Gasteiger partial charge in [-0.15, -0.1) is 0 Å². The van der Waals surface area contributed by atoms with Crippen LogP contribution in [0.4, 0.5) is 0 Å². The lowest BCUT2D eigenvalue weighted by Gasteiger charge is -2.07. The summed E-state index contributed by atoms with van der Waals surface area (Å²) < 4.78 is 5.45. The number of hydrogen-bond acceptors (Lipinski definition) is 4. The molecule has 0 saturated carbocycles. The Morgan fingerprint density at radius 3 is 2.39 bits per heavy atom. The molecule has 4 heteroatoms. The summed E-state index contributed by atoms with van der Waals surface area (Å²) in [6, 6.07) is 22.5. The van der Waals surface area contributed by atoms with Crippen molar-refractivity contribution in [3.63, 3.8) is 0 Å². The fourth-order valence-corrected chi connectivity index (χ4v) is 2.25.